The zero-order valence-corrected chi connectivity index (χ0v) is 10.5. The van der Waals surface area contributed by atoms with E-state index in [0.717, 1.165) is 30.9 Å². The number of hydrogen-bond donors (Lipinski definition) is 1. The number of Topliss-reactive ketones (excluding diaryl/α,β-unsaturated/α-hetero) is 1. The lowest BCUT2D eigenvalue weighted by Crippen LogP contribution is -2.55. The number of aromatic nitrogens is 1. The predicted octanol–water partition coefficient (Wildman–Crippen LogP) is 1.15. The normalized spacial score (nSPS) is 25.8. The van der Waals surface area contributed by atoms with E-state index in [1.165, 1.54) is 13.0 Å². The maximum Gasteiger partial charge on any atom is 0.181 e. The third kappa shape index (κ3) is 1.61. The van der Waals surface area contributed by atoms with Crippen molar-refractivity contribution in [3.63, 3.8) is 0 Å². The summed E-state index contributed by atoms with van der Waals surface area (Å²) in [5.41, 5.74) is 0.873. The van der Waals surface area contributed by atoms with Gasteiger partial charge in [-0.1, -0.05) is 0 Å². The van der Waals surface area contributed by atoms with Crippen molar-refractivity contribution in [2.75, 3.05) is 18.0 Å². The van der Waals surface area contributed by atoms with Crippen LogP contribution >= 0.6 is 0 Å². The Hall–Kier alpha value is -1.49. The molecule has 0 amide bonds. The lowest BCUT2D eigenvalue weighted by atomic mass is 10.1. The van der Waals surface area contributed by atoms with E-state index in [1.54, 1.807) is 0 Å². The van der Waals surface area contributed by atoms with Gasteiger partial charge in [0, 0.05) is 32.1 Å². The summed E-state index contributed by atoms with van der Waals surface area (Å²) in [6.45, 7) is 5.25. The molecule has 4 nitrogen and oxygen atoms in total. The molecule has 0 saturated carbocycles. The van der Waals surface area contributed by atoms with E-state index in [9.17, 15) is 9.18 Å². The fraction of sp³-hybridized carbons (Fsp3) is 0.538. The molecular formula is C13H16FN3O. The van der Waals surface area contributed by atoms with E-state index in [2.05, 4.69) is 22.1 Å². The van der Waals surface area contributed by atoms with Crippen molar-refractivity contribution in [2.24, 2.45) is 0 Å². The van der Waals surface area contributed by atoms with Crippen LogP contribution in [0.1, 0.15) is 29.9 Å². The molecule has 3 heterocycles. The summed E-state index contributed by atoms with van der Waals surface area (Å²) in [4.78, 5) is 17.9. The van der Waals surface area contributed by atoms with Crippen molar-refractivity contribution in [3.8, 4) is 0 Å². The van der Waals surface area contributed by atoms with Gasteiger partial charge in [-0.2, -0.15) is 0 Å². The van der Waals surface area contributed by atoms with Crippen LogP contribution in [-0.2, 0) is 6.42 Å². The molecule has 1 saturated heterocycles. The molecule has 0 aliphatic carbocycles. The molecule has 18 heavy (non-hydrogen) atoms. The summed E-state index contributed by atoms with van der Waals surface area (Å²) in [5.74, 6) is -0.0242. The van der Waals surface area contributed by atoms with E-state index in [4.69, 9.17) is 0 Å². The number of halogens is 1. The highest BCUT2D eigenvalue weighted by Crippen LogP contribution is 2.34. The topological polar surface area (TPSA) is 45.2 Å². The van der Waals surface area contributed by atoms with Gasteiger partial charge in [-0.25, -0.2) is 9.37 Å². The number of carbonyl (C=O) groups excluding carboxylic acids is 1. The van der Waals surface area contributed by atoms with Crippen LogP contribution < -0.4 is 10.2 Å². The van der Waals surface area contributed by atoms with Crippen molar-refractivity contribution in [1.29, 1.82) is 0 Å². The number of nitrogens with one attached hydrogen (secondary N) is 1. The number of rotatable bonds is 1. The van der Waals surface area contributed by atoms with Crippen molar-refractivity contribution in [3.05, 3.63) is 23.1 Å². The van der Waals surface area contributed by atoms with Crippen LogP contribution in [0.25, 0.3) is 0 Å². The first-order chi connectivity index (χ1) is 8.58. The summed E-state index contributed by atoms with van der Waals surface area (Å²) in [6.07, 6.45) is 0.800. The Morgan fingerprint density at radius 3 is 3.06 bits per heavy atom. The molecule has 0 spiro atoms. The van der Waals surface area contributed by atoms with E-state index >= 15 is 0 Å². The molecule has 2 atom stereocenters. The number of carbonyl (C=O) groups is 1. The third-order valence-corrected chi connectivity index (χ3v) is 3.75. The van der Waals surface area contributed by atoms with Crippen LogP contribution in [0.5, 0.6) is 0 Å². The summed E-state index contributed by atoms with van der Waals surface area (Å²) >= 11 is 0. The molecule has 1 aromatic rings. The molecule has 5 heteroatoms. The molecule has 0 radical (unpaired) electrons. The van der Waals surface area contributed by atoms with Crippen LogP contribution in [0.2, 0.25) is 0 Å². The zero-order chi connectivity index (χ0) is 12.9. The van der Waals surface area contributed by atoms with Crippen molar-refractivity contribution < 1.29 is 9.18 Å². The molecule has 96 valence electrons. The Balaban J connectivity index is 2.08. The Morgan fingerprint density at radius 2 is 2.33 bits per heavy atom. The lowest BCUT2D eigenvalue weighted by Gasteiger charge is -2.37. The van der Waals surface area contributed by atoms with Gasteiger partial charge in [0.1, 0.15) is 11.5 Å². The average molecular weight is 249 g/mol. The predicted molar refractivity (Wildman–Crippen MR) is 66.5 cm³/mol. The molecule has 1 N–H and O–H groups in total. The van der Waals surface area contributed by atoms with Crippen molar-refractivity contribution in [1.82, 2.24) is 10.3 Å². The van der Waals surface area contributed by atoms with Gasteiger partial charge in [0.15, 0.2) is 11.6 Å². The average Bonchev–Trinajstić information content (AvgIpc) is 2.65. The number of hydrogen-bond acceptors (Lipinski definition) is 4. The fourth-order valence-corrected chi connectivity index (χ4v) is 2.96. The van der Waals surface area contributed by atoms with Crippen LogP contribution in [0.4, 0.5) is 10.2 Å². The number of fused-ring (bicyclic) bond motifs is 3. The molecule has 2 aliphatic rings. The van der Waals surface area contributed by atoms with E-state index in [1.807, 2.05) is 0 Å². The van der Waals surface area contributed by atoms with Gasteiger partial charge < -0.3 is 10.2 Å². The second-order valence-electron chi connectivity index (χ2n) is 5.13. The standard InChI is InChI=1S/C13H16FN3O/c1-7-5-15-6-10-3-9-4-11(14)12(8(2)18)16-13(9)17(7)10/h4,7,10,15H,3,5-6H2,1-2H3/t7-,10-/m1/s1. The van der Waals surface area contributed by atoms with Gasteiger partial charge in [0.2, 0.25) is 0 Å². The van der Waals surface area contributed by atoms with Crippen molar-refractivity contribution >= 4 is 11.6 Å². The third-order valence-electron chi connectivity index (χ3n) is 3.75. The SMILES string of the molecule is CC(=O)c1nc2c(cc1F)C[C@@H]1CNC[C@@H](C)N21. The zero-order valence-electron chi connectivity index (χ0n) is 10.5. The highest BCUT2D eigenvalue weighted by Gasteiger charge is 2.37. The summed E-state index contributed by atoms with van der Waals surface area (Å²) < 4.78 is 13.8. The molecule has 0 aromatic carbocycles. The number of nitrogens with zero attached hydrogens (tertiary/aromatic N) is 2. The molecule has 1 aromatic heterocycles. The minimum atomic E-state index is -0.498. The van der Waals surface area contributed by atoms with Crippen LogP contribution in [-0.4, -0.2) is 35.9 Å². The van der Waals surface area contributed by atoms with Gasteiger partial charge in [-0.3, -0.25) is 4.79 Å². The quantitative estimate of drug-likeness (QED) is 0.758. The summed E-state index contributed by atoms with van der Waals surface area (Å²) in [5, 5.41) is 3.36. The van der Waals surface area contributed by atoms with E-state index < -0.39 is 5.82 Å². The smallest absolute Gasteiger partial charge is 0.181 e. The second kappa shape index (κ2) is 4.02. The number of ketones is 1. The van der Waals surface area contributed by atoms with E-state index in [0.29, 0.717) is 12.1 Å². The van der Waals surface area contributed by atoms with Gasteiger partial charge in [0.25, 0.3) is 0 Å². The molecular weight excluding hydrogens is 233 g/mol. The highest BCUT2D eigenvalue weighted by molar-refractivity contribution is 5.93. The van der Waals surface area contributed by atoms with Gasteiger partial charge in [-0.15, -0.1) is 0 Å². The van der Waals surface area contributed by atoms with E-state index in [-0.39, 0.29) is 11.5 Å². The first kappa shape index (κ1) is 11.6. The highest BCUT2D eigenvalue weighted by atomic mass is 19.1. The fourth-order valence-electron chi connectivity index (χ4n) is 2.96. The maximum atomic E-state index is 13.8. The largest absolute Gasteiger partial charge is 0.348 e. The monoisotopic (exact) mass is 249 g/mol. The molecule has 0 unspecified atom stereocenters. The summed E-state index contributed by atoms with van der Waals surface area (Å²) in [7, 11) is 0. The first-order valence-electron chi connectivity index (χ1n) is 6.27. The first-order valence-corrected chi connectivity index (χ1v) is 6.27. The van der Waals surface area contributed by atoms with Crippen LogP contribution in [0, 0.1) is 5.82 Å². The molecule has 0 bridgehead atoms. The number of piperazine rings is 1. The molecule has 2 aliphatic heterocycles. The van der Waals surface area contributed by atoms with Crippen LogP contribution in [0.3, 0.4) is 0 Å². The Kier molecular flexibility index (Phi) is 2.59. The second-order valence-corrected chi connectivity index (χ2v) is 5.13. The maximum absolute atomic E-state index is 13.8. The summed E-state index contributed by atoms with van der Waals surface area (Å²) in [6, 6.07) is 2.13. The molecule has 1 fully saturated rings. The lowest BCUT2D eigenvalue weighted by molar-refractivity contribution is 0.100. The van der Waals surface area contributed by atoms with Gasteiger partial charge in [0.05, 0.1) is 0 Å². The Morgan fingerprint density at radius 1 is 1.56 bits per heavy atom. The van der Waals surface area contributed by atoms with Crippen molar-refractivity contribution in [2.45, 2.75) is 32.4 Å². The minimum Gasteiger partial charge on any atom is -0.348 e. The number of pyridine rings is 1. The minimum absolute atomic E-state index is 0.0415. The Labute approximate surface area is 105 Å². The molecule has 3 rings (SSSR count). The van der Waals surface area contributed by atoms with Gasteiger partial charge in [-0.05, 0) is 25.0 Å². The number of anilines is 1. The Bertz CT molecular complexity index is 517. The van der Waals surface area contributed by atoms with Gasteiger partial charge >= 0.3 is 0 Å². The van der Waals surface area contributed by atoms with Crippen LogP contribution in [0.15, 0.2) is 6.07 Å².